The zero-order chi connectivity index (χ0) is 17.6. The second-order valence-corrected chi connectivity index (χ2v) is 6.64. The smallest absolute Gasteiger partial charge is 0.223 e. The molecule has 1 N–H and O–H groups in total. The Hall–Kier alpha value is -2.33. The highest BCUT2D eigenvalue weighted by molar-refractivity contribution is 6.30. The standard InChI is InChI=1S/C20H21ClN2O2/c21-17-8-4-7-16(13-17)18(15-5-2-1-3-6-15)14-20(25)23-11-9-19(24)22-10-12-23/h1-8,13,18H,9-12,14H2,(H,22,24)/t18-/m1/s1. The lowest BCUT2D eigenvalue weighted by Crippen LogP contribution is -2.35. The van der Waals surface area contributed by atoms with Crippen molar-refractivity contribution in [1.29, 1.82) is 0 Å². The molecule has 2 aromatic carbocycles. The van der Waals surface area contributed by atoms with E-state index in [-0.39, 0.29) is 17.7 Å². The number of halogens is 1. The Labute approximate surface area is 152 Å². The molecule has 1 atom stereocenters. The molecular formula is C20H21ClN2O2. The van der Waals surface area contributed by atoms with Crippen molar-refractivity contribution < 1.29 is 9.59 Å². The summed E-state index contributed by atoms with van der Waals surface area (Å²) < 4.78 is 0. The molecule has 5 heteroatoms. The van der Waals surface area contributed by atoms with E-state index in [1.807, 2.05) is 54.6 Å². The van der Waals surface area contributed by atoms with Crippen LogP contribution in [-0.4, -0.2) is 36.3 Å². The quantitative estimate of drug-likeness (QED) is 0.914. The number of hydrogen-bond acceptors (Lipinski definition) is 2. The number of hydrogen-bond donors (Lipinski definition) is 1. The van der Waals surface area contributed by atoms with Crippen LogP contribution in [-0.2, 0) is 9.59 Å². The molecule has 0 aliphatic carbocycles. The molecule has 0 saturated carbocycles. The molecule has 25 heavy (non-hydrogen) atoms. The maximum Gasteiger partial charge on any atom is 0.223 e. The van der Waals surface area contributed by atoms with Gasteiger partial charge < -0.3 is 10.2 Å². The second kappa shape index (κ2) is 8.17. The van der Waals surface area contributed by atoms with Gasteiger partial charge in [-0.25, -0.2) is 0 Å². The van der Waals surface area contributed by atoms with Crippen molar-refractivity contribution in [3.8, 4) is 0 Å². The molecule has 0 unspecified atom stereocenters. The van der Waals surface area contributed by atoms with Gasteiger partial charge in [-0.05, 0) is 23.3 Å². The van der Waals surface area contributed by atoms with Gasteiger partial charge >= 0.3 is 0 Å². The van der Waals surface area contributed by atoms with E-state index in [9.17, 15) is 9.59 Å². The molecule has 1 saturated heterocycles. The molecule has 1 aliphatic heterocycles. The van der Waals surface area contributed by atoms with Crippen molar-refractivity contribution in [2.45, 2.75) is 18.8 Å². The molecule has 2 amide bonds. The molecule has 0 radical (unpaired) electrons. The van der Waals surface area contributed by atoms with E-state index in [0.29, 0.717) is 37.5 Å². The highest BCUT2D eigenvalue weighted by Gasteiger charge is 2.24. The van der Waals surface area contributed by atoms with Crippen LogP contribution in [0.5, 0.6) is 0 Å². The van der Waals surface area contributed by atoms with Gasteiger partial charge in [-0.3, -0.25) is 9.59 Å². The number of nitrogens with one attached hydrogen (secondary N) is 1. The van der Waals surface area contributed by atoms with Gasteiger partial charge in [0.1, 0.15) is 0 Å². The Balaban J connectivity index is 1.82. The van der Waals surface area contributed by atoms with E-state index in [0.717, 1.165) is 11.1 Å². The maximum atomic E-state index is 12.9. The molecule has 0 bridgehead atoms. The van der Waals surface area contributed by atoms with Gasteiger partial charge in [0, 0.05) is 43.4 Å². The Morgan fingerprint density at radius 1 is 1.08 bits per heavy atom. The Kier molecular flexibility index (Phi) is 5.71. The van der Waals surface area contributed by atoms with Gasteiger partial charge in [0.25, 0.3) is 0 Å². The lowest BCUT2D eigenvalue weighted by atomic mass is 9.88. The Bertz CT molecular complexity index is 748. The summed E-state index contributed by atoms with van der Waals surface area (Å²) in [7, 11) is 0. The summed E-state index contributed by atoms with van der Waals surface area (Å²) in [6.07, 6.45) is 0.720. The first kappa shape index (κ1) is 17.5. The predicted molar refractivity (Wildman–Crippen MR) is 98.6 cm³/mol. The summed E-state index contributed by atoms with van der Waals surface area (Å²) in [6, 6.07) is 17.7. The normalized spacial score (nSPS) is 16.0. The zero-order valence-electron chi connectivity index (χ0n) is 14.0. The van der Waals surface area contributed by atoms with Crippen LogP contribution in [0.1, 0.15) is 29.9 Å². The molecule has 130 valence electrons. The molecule has 0 aromatic heterocycles. The zero-order valence-corrected chi connectivity index (χ0v) is 14.7. The molecule has 1 aliphatic rings. The van der Waals surface area contributed by atoms with Crippen molar-refractivity contribution in [2.75, 3.05) is 19.6 Å². The Morgan fingerprint density at radius 2 is 1.84 bits per heavy atom. The fourth-order valence-electron chi connectivity index (χ4n) is 3.16. The summed E-state index contributed by atoms with van der Waals surface area (Å²) in [6.45, 7) is 1.54. The van der Waals surface area contributed by atoms with Crippen molar-refractivity contribution in [1.82, 2.24) is 10.2 Å². The first-order valence-corrected chi connectivity index (χ1v) is 8.86. The van der Waals surface area contributed by atoms with E-state index in [1.54, 1.807) is 4.90 Å². The number of carbonyl (C=O) groups is 2. The van der Waals surface area contributed by atoms with E-state index in [1.165, 1.54) is 0 Å². The number of carbonyl (C=O) groups excluding carboxylic acids is 2. The number of rotatable bonds is 4. The molecule has 1 fully saturated rings. The summed E-state index contributed by atoms with van der Waals surface area (Å²) in [4.78, 5) is 26.1. The lowest BCUT2D eigenvalue weighted by molar-refractivity contribution is -0.131. The monoisotopic (exact) mass is 356 g/mol. The summed E-state index contributed by atoms with van der Waals surface area (Å²) in [5.74, 6) is 0.00870. The minimum atomic E-state index is -0.0562. The topological polar surface area (TPSA) is 49.4 Å². The van der Waals surface area contributed by atoms with Crippen molar-refractivity contribution in [2.24, 2.45) is 0 Å². The lowest BCUT2D eigenvalue weighted by Gasteiger charge is -2.24. The fraction of sp³-hybridized carbons (Fsp3) is 0.300. The van der Waals surface area contributed by atoms with Crippen LogP contribution in [0.2, 0.25) is 5.02 Å². The van der Waals surface area contributed by atoms with Crippen molar-refractivity contribution in [3.05, 3.63) is 70.7 Å². The average Bonchev–Trinajstić information content (AvgIpc) is 2.85. The van der Waals surface area contributed by atoms with E-state index < -0.39 is 0 Å². The van der Waals surface area contributed by atoms with Crippen LogP contribution < -0.4 is 5.32 Å². The fourth-order valence-corrected chi connectivity index (χ4v) is 3.36. The number of benzene rings is 2. The summed E-state index contributed by atoms with van der Waals surface area (Å²) in [5, 5.41) is 3.47. The van der Waals surface area contributed by atoms with Crippen LogP contribution in [0.3, 0.4) is 0 Å². The third-order valence-electron chi connectivity index (χ3n) is 4.50. The highest BCUT2D eigenvalue weighted by atomic mass is 35.5. The van der Waals surface area contributed by atoms with Gasteiger partial charge in [-0.15, -0.1) is 0 Å². The van der Waals surface area contributed by atoms with Crippen LogP contribution in [0.25, 0.3) is 0 Å². The first-order valence-electron chi connectivity index (χ1n) is 8.48. The number of amides is 2. The van der Waals surface area contributed by atoms with Crippen LogP contribution in [0, 0.1) is 0 Å². The van der Waals surface area contributed by atoms with Crippen molar-refractivity contribution in [3.63, 3.8) is 0 Å². The summed E-state index contributed by atoms with van der Waals surface area (Å²) in [5.41, 5.74) is 2.11. The van der Waals surface area contributed by atoms with Gasteiger partial charge in [0.05, 0.1) is 0 Å². The third kappa shape index (κ3) is 4.60. The minimum absolute atomic E-state index is 0.00440. The first-order chi connectivity index (χ1) is 12.1. The molecule has 1 heterocycles. The van der Waals surface area contributed by atoms with Gasteiger partial charge in [-0.1, -0.05) is 54.1 Å². The molecule has 3 rings (SSSR count). The predicted octanol–water partition coefficient (Wildman–Crippen LogP) is 3.21. The van der Waals surface area contributed by atoms with E-state index >= 15 is 0 Å². The van der Waals surface area contributed by atoms with E-state index in [2.05, 4.69) is 5.32 Å². The summed E-state index contributed by atoms with van der Waals surface area (Å²) >= 11 is 6.16. The van der Waals surface area contributed by atoms with Gasteiger partial charge in [0.15, 0.2) is 0 Å². The molecule has 0 spiro atoms. The molecule has 4 nitrogen and oxygen atoms in total. The Morgan fingerprint density at radius 3 is 2.60 bits per heavy atom. The second-order valence-electron chi connectivity index (χ2n) is 6.20. The maximum absolute atomic E-state index is 12.9. The van der Waals surface area contributed by atoms with Gasteiger partial charge in [-0.2, -0.15) is 0 Å². The average molecular weight is 357 g/mol. The SMILES string of the molecule is O=C1CCN(C(=O)C[C@H](c2ccccc2)c2cccc(Cl)c2)CCN1. The minimum Gasteiger partial charge on any atom is -0.354 e. The highest BCUT2D eigenvalue weighted by Crippen LogP contribution is 2.30. The number of nitrogens with zero attached hydrogens (tertiary/aromatic N) is 1. The molecular weight excluding hydrogens is 336 g/mol. The van der Waals surface area contributed by atoms with Crippen molar-refractivity contribution >= 4 is 23.4 Å². The van der Waals surface area contributed by atoms with Crippen LogP contribution in [0.4, 0.5) is 0 Å². The van der Waals surface area contributed by atoms with Crippen LogP contribution >= 0.6 is 11.6 Å². The largest absolute Gasteiger partial charge is 0.354 e. The third-order valence-corrected chi connectivity index (χ3v) is 4.73. The van der Waals surface area contributed by atoms with Gasteiger partial charge in [0.2, 0.25) is 11.8 Å². The van der Waals surface area contributed by atoms with E-state index in [4.69, 9.17) is 11.6 Å². The van der Waals surface area contributed by atoms with Crippen LogP contribution in [0.15, 0.2) is 54.6 Å². The molecule has 2 aromatic rings.